The molecule has 0 radical (unpaired) electrons. The molecular weight excluding hydrogens is 244 g/mol. The first-order valence-corrected chi connectivity index (χ1v) is 6.34. The van der Waals surface area contributed by atoms with E-state index in [4.69, 9.17) is 14.6 Å². The van der Waals surface area contributed by atoms with Gasteiger partial charge in [-0.15, -0.1) is 0 Å². The van der Waals surface area contributed by atoms with Crippen LogP contribution in [0.5, 0.6) is 11.5 Å². The second-order valence-corrected chi connectivity index (χ2v) is 4.49. The van der Waals surface area contributed by atoms with E-state index in [1.165, 1.54) is 0 Å². The van der Waals surface area contributed by atoms with E-state index < -0.39 is 0 Å². The molecule has 0 spiro atoms. The van der Waals surface area contributed by atoms with E-state index in [0.29, 0.717) is 19.6 Å². The third-order valence-corrected chi connectivity index (χ3v) is 3.15. The Morgan fingerprint density at radius 2 is 2.05 bits per heavy atom. The number of ether oxygens (including phenoxy) is 2. The normalized spacial score (nSPS) is 13.6. The molecule has 0 atom stereocenters. The van der Waals surface area contributed by atoms with Crippen LogP contribution in [-0.2, 0) is 6.42 Å². The summed E-state index contributed by atoms with van der Waals surface area (Å²) in [5.74, 6) is 2.31. The molecular formula is C14H16N2O3. The van der Waals surface area contributed by atoms with Gasteiger partial charge in [0, 0.05) is 24.3 Å². The van der Waals surface area contributed by atoms with Gasteiger partial charge in [-0.1, -0.05) is 0 Å². The lowest BCUT2D eigenvalue weighted by molar-refractivity contribution is 0.171. The predicted molar refractivity (Wildman–Crippen MR) is 70.5 cm³/mol. The van der Waals surface area contributed by atoms with Gasteiger partial charge >= 0.3 is 0 Å². The van der Waals surface area contributed by atoms with Crippen molar-refractivity contribution in [2.75, 3.05) is 19.8 Å². The van der Waals surface area contributed by atoms with Crippen LogP contribution in [0.25, 0.3) is 11.4 Å². The maximum atomic E-state index is 8.99. The van der Waals surface area contributed by atoms with Crippen molar-refractivity contribution in [2.24, 2.45) is 0 Å². The van der Waals surface area contributed by atoms with Crippen LogP contribution in [0.3, 0.4) is 0 Å². The molecule has 2 N–H and O–H groups in total. The van der Waals surface area contributed by atoms with Crippen LogP contribution in [0, 0.1) is 6.92 Å². The van der Waals surface area contributed by atoms with Crippen molar-refractivity contribution >= 4 is 0 Å². The van der Waals surface area contributed by atoms with E-state index in [1.807, 2.05) is 25.1 Å². The highest BCUT2D eigenvalue weighted by molar-refractivity contribution is 5.62. The Balaban J connectivity index is 1.95. The third kappa shape index (κ3) is 2.29. The van der Waals surface area contributed by atoms with Gasteiger partial charge in [-0.25, -0.2) is 4.98 Å². The largest absolute Gasteiger partial charge is 0.486 e. The van der Waals surface area contributed by atoms with E-state index >= 15 is 0 Å². The summed E-state index contributed by atoms with van der Waals surface area (Å²) >= 11 is 0. The van der Waals surface area contributed by atoms with Crippen molar-refractivity contribution in [3.63, 3.8) is 0 Å². The summed E-state index contributed by atoms with van der Waals surface area (Å²) in [6.45, 7) is 3.22. The molecule has 5 heteroatoms. The fourth-order valence-corrected chi connectivity index (χ4v) is 2.17. The van der Waals surface area contributed by atoms with Gasteiger partial charge in [0.25, 0.3) is 0 Å². The number of aryl methyl sites for hydroxylation is 1. The number of aromatic amines is 1. The first-order chi connectivity index (χ1) is 9.28. The summed E-state index contributed by atoms with van der Waals surface area (Å²) in [6, 6.07) is 5.78. The van der Waals surface area contributed by atoms with Gasteiger partial charge < -0.3 is 19.6 Å². The second kappa shape index (κ2) is 4.93. The molecule has 0 unspecified atom stereocenters. The minimum Gasteiger partial charge on any atom is -0.486 e. The van der Waals surface area contributed by atoms with Crippen LogP contribution in [0.1, 0.15) is 11.4 Å². The fourth-order valence-electron chi connectivity index (χ4n) is 2.17. The van der Waals surface area contributed by atoms with E-state index in [9.17, 15) is 0 Å². The number of hydrogen-bond acceptors (Lipinski definition) is 4. The Morgan fingerprint density at radius 3 is 2.84 bits per heavy atom. The zero-order valence-electron chi connectivity index (χ0n) is 10.8. The number of nitrogens with one attached hydrogen (secondary N) is 1. The standard InChI is InChI=1S/C14H16N2O3/c1-9-11(4-5-17)16-14(15-9)10-2-3-12-13(8-10)19-7-6-18-12/h2-3,8,17H,4-7H2,1H3,(H,15,16). The molecule has 0 aliphatic carbocycles. The number of nitrogens with zero attached hydrogens (tertiary/aromatic N) is 1. The van der Waals surface area contributed by atoms with Gasteiger partial charge in [-0.3, -0.25) is 0 Å². The Labute approximate surface area is 111 Å². The number of hydrogen-bond donors (Lipinski definition) is 2. The molecule has 0 saturated carbocycles. The van der Waals surface area contributed by atoms with Crippen LogP contribution >= 0.6 is 0 Å². The maximum absolute atomic E-state index is 8.99. The van der Waals surface area contributed by atoms with Gasteiger partial charge in [0.1, 0.15) is 19.0 Å². The SMILES string of the molecule is Cc1[nH]c(-c2ccc3c(c2)OCCO3)nc1CCO. The summed E-state index contributed by atoms with van der Waals surface area (Å²) in [5, 5.41) is 8.99. The number of aromatic nitrogens is 2. The molecule has 19 heavy (non-hydrogen) atoms. The van der Waals surface area contributed by atoms with Crippen LogP contribution in [-0.4, -0.2) is 34.9 Å². The number of rotatable bonds is 3. The van der Waals surface area contributed by atoms with Crippen molar-refractivity contribution in [1.29, 1.82) is 0 Å². The molecule has 2 aromatic rings. The summed E-state index contributed by atoms with van der Waals surface area (Å²) < 4.78 is 11.1. The molecule has 2 heterocycles. The van der Waals surface area contributed by atoms with E-state index in [0.717, 1.165) is 34.3 Å². The molecule has 5 nitrogen and oxygen atoms in total. The van der Waals surface area contributed by atoms with Crippen LogP contribution in [0.2, 0.25) is 0 Å². The summed E-state index contributed by atoms with van der Waals surface area (Å²) in [6.07, 6.45) is 0.562. The van der Waals surface area contributed by atoms with Gasteiger partial charge in [-0.05, 0) is 25.1 Å². The fraction of sp³-hybridized carbons (Fsp3) is 0.357. The highest BCUT2D eigenvalue weighted by Crippen LogP contribution is 2.33. The van der Waals surface area contributed by atoms with Crippen LogP contribution < -0.4 is 9.47 Å². The Bertz CT molecular complexity index is 592. The van der Waals surface area contributed by atoms with Crippen molar-refractivity contribution in [1.82, 2.24) is 9.97 Å². The summed E-state index contributed by atoms with van der Waals surface area (Å²) in [5.41, 5.74) is 2.84. The molecule has 0 saturated heterocycles. The lowest BCUT2D eigenvalue weighted by Gasteiger charge is -2.18. The highest BCUT2D eigenvalue weighted by atomic mass is 16.6. The molecule has 0 bridgehead atoms. The maximum Gasteiger partial charge on any atom is 0.162 e. The lowest BCUT2D eigenvalue weighted by atomic mass is 10.2. The Kier molecular flexibility index (Phi) is 3.13. The van der Waals surface area contributed by atoms with Gasteiger partial charge in [-0.2, -0.15) is 0 Å². The zero-order chi connectivity index (χ0) is 13.2. The monoisotopic (exact) mass is 260 g/mol. The quantitative estimate of drug-likeness (QED) is 0.881. The molecule has 0 fully saturated rings. The summed E-state index contributed by atoms with van der Waals surface area (Å²) in [4.78, 5) is 7.74. The third-order valence-electron chi connectivity index (χ3n) is 3.15. The molecule has 1 aromatic heterocycles. The number of aliphatic hydroxyl groups excluding tert-OH is 1. The van der Waals surface area contributed by atoms with Crippen LogP contribution in [0.4, 0.5) is 0 Å². The van der Waals surface area contributed by atoms with Crippen molar-refractivity contribution < 1.29 is 14.6 Å². The lowest BCUT2D eigenvalue weighted by Crippen LogP contribution is -2.15. The van der Waals surface area contributed by atoms with Gasteiger partial charge in [0.05, 0.1) is 5.69 Å². The molecule has 1 aliphatic rings. The number of imidazole rings is 1. The van der Waals surface area contributed by atoms with Crippen molar-refractivity contribution in [3.8, 4) is 22.9 Å². The van der Waals surface area contributed by atoms with E-state index in [-0.39, 0.29) is 6.61 Å². The minimum absolute atomic E-state index is 0.103. The number of H-pyrrole nitrogens is 1. The van der Waals surface area contributed by atoms with E-state index in [1.54, 1.807) is 0 Å². The molecule has 0 amide bonds. The molecule has 3 rings (SSSR count). The Morgan fingerprint density at radius 1 is 1.26 bits per heavy atom. The molecule has 1 aromatic carbocycles. The molecule has 1 aliphatic heterocycles. The topological polar surface area (TPSA) is 67.4 Å². The number of aliphatic hydroxyl groups is 1. The molecule has 100 valence electrons. The average Bonchev–Trinajstić information content (AvgIpc) is 2.80. The van der Waals surface area contributed by atoms with Crippen molar-refractivity contribution in [3.05, 3.63) is 29.6 Å². The predicted octanol–water partition coefficient (Wildman–Crippen LogP) is 1.69. The first kappa shape index (κ1) is 12.0. The average molecular weight is 260 g/mol. The highest BCUT2D eigenvalue weighted by Gasteiger charge is 2.14. The number of benzene rings is 1. The zero-order valence-corrected chi connectivity index (χ0v) is 10.8. The number of fused-ring (bicyclic) bond motifs is 1. The van der Waals surface area contributed by atoms with Gasteiger partial charge in [0.15, 0.2) is 11.5 Å². The van der Waals surface area contributed by atoms with Crippen LogP contribution in [0.15, 0.2) is 18.2 Å². The van der Waals surface area contributed by atoms with Crippen molar-refractivity contribution in [2.45, 2.75) is 13.3 Å². The van der Waals surface area contributed by atoms with Gasteiger partial charge in [0.2, 0.25) is 0 Å². The summed E-state index contributed by atoms with van der Waals surface area (Å²) in [7, 11) is 0. The van der Waals surface area contributed by atoms with E-state index in [2.05, 4.69) is 9.97 Å². The second-order valence-electron chi connectivity index (χ2n) is 4.49. The Hall–Kier alpha value is -2.01. The first-order valence-electron chi connectivity index (χ1n) is 6.34. The smallest absolute Gasteiger partial charge is 0.162 e. The minimum atomic E-state index is 0.103.